The highest BCUT2D eigenvalue weighted by Crippen LogP contribution is 2.40. The predicted molar refractivity (Wildman–Crippen MR) is 101 cm³/mol. The lowest BCUT2D eigenvalue weighted by atomic mass is 9.72. The number of carbonyl (C=O) groups is 1. The van der Waals surface area contributed by atoms with Gasteiger partial charge in [-0.1, -0.05) is 67.0 Å². The molecule has 0 unspecified atom stereocenters. The van der Waals surface area contributed by atoms with E-state index in [9.17, 15) is 4.79 Å². The van der Waals surface area contributed by atoms with Gasteiger partial charge in [0.2, 0.25) is 0 Å². The molecular weight excluding hydrogens is 280 g/mol. The molecule has 0 aromatic carbocycles. The third kappa shape index (κ3) is 6.99. The van der Waals surface area contributed by atoms with Crippen molar-refractivity contribution < 1.29 is 4.79 Å². The van der Waals surface area contributed by atoms with E-state index in [1.807, 2.05) is 0 Å². The Morgan fingerprint density at radius 2 is 1.87 bits per heavy atom. The quantitative estimate of drug-likeness (QED) is 0.298. The van der Waals surface area contributed by atoms with Crippen molar-refractivity contribution in [1.82, 2.24) is 0 Å². The zero-order chi connectivity index (χ0) is 17.3. The van der Waals surface area contributed by atoms with Crippen LogP contribution in [0.2, 0.25) is 0 Å². The van der Waals surface area contributed by atoms with Crippen molar-refractivity contribution in [3.05, 3.63) is 58.7 Å². The highest BCUT2D eigenvalue weighted by molar-refractivity contribution is 5.49. The summed E-state index contributed by atoms with van der Waals surface area (Å²) in [5.74, 6) is 0. The smallest absolute Gasteiger partial charge is 0.120 e. The van der Waals surface area contributed by atoms with Crippen LogP contribution >= 0.6 is 0 Å². The van der Waals surface area contributed by atoms with Gasteiger partial charge in [0, 0.05) is 6.42 Å². The van der Waals surface area contributed by atoms with Crippen molar-refractivity contribution >= 4 is 6.29 Å². The van der Waals surface area contributed by atoms with E-state index < -0.39 is 0 Å². The summed E-state index contributed by atoms with van der Waals surface area (Å²) in [6.07, 6.45) is 19.2. The molecule has 0 fully saturated rings. The van der Waals surface area contributed by atoms with E-state index in [2.05, 4.69) is 71.1 Å². The van der Waals surface area contributed by atoms with E-state index in [1.54, 1.807) is 0 Å². The third-order valence-electron chi connectivity index (χ3n) is 4.52. The molecule has 1 nitrogen and oxygen atoms in total. The van der Waals surface area contributed by atoms with Gasteiger partial charge in [-0.3, -0.25) is 0 Å². The minimum absolute atomic E-state index is 0.298. The Morgan fingerprint density at radius 3 is 2.52 bits per heavy atom. The molecule has 1 rings (SSSR count). The van der Waals surface area contributed by atoms with Crippen LogP contribution in [-0.4, -0.2) is 6.29 Å². The lowest BCUT2D eigenvalue weighted by Gasteiger charge is -2.32. The maximum atomic E-state index is 10.3. The number of carbonyl (C=O) groups excluding carboxylic acids is 1. The molecule has 0 saturated carbocycles. The molecule has 1 aliphatic rings. The van der Waals surface area contributed by atoms with Gasteiger partial charge in [0.05, 0.1) is 0 Å². The molecule has 1 aliphatic carbocycles. The van der Waals surface area contributed by atoms with Crippen LogP contribution in [0.25, 0.3) is 0 Å². The molecule has 0 aliphatic heterocycles. The fourth-order valence-corrected chi connectivity index (χ4v) is 3.08. The van der Waals surface area contributed by atoms with Gasteiger partial charge >= 0.3 is 0 Å². The first-order valence-electron chi connectivity index (χ1n) is 8.70. The Morgan fingerprint density at radius 1 is 1.13 bits per heavy atom. The number of allylic oxidation sites excluding steroid dienone is 10. The summed E-state index contributed by atoms with van der Waals surface area (Å²) in [7, 11) is 0. The number of hydrogen-bond donors (Lipinski definition) is 0. The van der Waals surface area contributed by atoms with E-state index in [1.165, 1.54) is 41.6 Å². The van der Waals surface area contributed by atoms with Crippen LogP contribution in [0.15, 0.2) is 58.7 Å². The number of aldehydes is 1. The molecule has 0 aromatic heterocycles. The molecule has 0 amide bonds. The maximum absolute atomic E-state index is 10.3. The molecule has 0 atom stereocenters. The largest absolute Gasteiger partial charge is 0.303 e. The minimum Gasteiger partial charge on any atom is -0.303 e. The molecule has 126 valence electrons. The van der Waals surface area contributed by atoms with Crippen molar-refractivity contribution in [1.29, 1.82) is 0 Å². The van der Waals surface area contributed by atoms with Crippen molar-refractivity contribution in [3.63, 3.8) is 0 Å². The van der Waals surface area contributed by atoms with E-state index in [0.717, 1.165) is 12.7 Å². The lowest BCUT2D eigenvalue weighted by Crippen LogP contribution is -2.19. The summed E-state index contributed by atoms with van der Waals surface area (Å²) < 4.78 is 0. The molecule has 0 saturated heterocycles. The van der Waals surface area contributed by atoms with Gasteiger partial charge in [0.1, 0.15) is 6.29 Å². The molecule has 23 heavy (non-hydrogen) atoms. The summed E-state index contributed by atoms with van der Waals surface area (Å²) in [6.45, 7) is 11.2. The highest BCUT2D eigenvalue weighted by atomic mass is 16.1. The number of rotatable bonds is 7. The van der Waals surface area contributed by atoms with Crippen LogP contribution in [0.5, 0.6) is 0 Å². The molecule has 1 heteroatoms. The van der Waals surface area contributed by atoms with Crippen LogP contribution in [0.3, 0.4) is 0 Å². The van der Waals surface area contributed by atoms with Crippen molar-refractivity contribution in [2.24, 2.45) is 5.41 Å². The van der Waals surface area contributed by atoms with Gasteiger partial charge < -0.3 is 4.79 Å². The first-order valence-corrected chi connectivity index (χ1v) is 8.70. The second-order valence-electron chi connectivity index (χ2n) is 7.23. The predicted octanol–water partition coefficient (Wildman–Crippen LogP) is 6.50. The van der Waals surface area contributed by atoms with Gasteiger partial charge in [-0.25, -0.2) is 0 Å². The maximum Gasteiger partial charge on any atom is 0.120 e. The molecule has 0 radical (unpaired) electrons. The average molecular weight is 312 g/mol. The average Bonchev–Trinajstić information content (AvgIpc) is 2.46. The Hall–Kier alpha value is -1.63. The molecule has 0 N–H and O–H groups in total. The summed E-state index contributed by atoms with van der Waals surface area (Å²) in [5, 5.41) is 0. The summed E-state index contributed by atoms with van der Waals surface area (Å²) in [5.41, 5.74) is 5.79. The first-order chi connectivity index (χ1) is 10.9. The topological polar surface area (TPSA) is 17.1 Å². The monoisotopic (exact) mass is 312 g/mol. The molecule has 0 aromatic rings. The Kier molecular flexibility index (Phi) is 8.02. The van der Waals surface area contributed by atoms with Gasteiger partial charge in [-0.05, 0) is 57.4 Å². The van der Waals surface area contributed by atoms with Crippen LogP contribution in [0, 0.1) is 5.41 Å². The fraction of sp³-hybridized carbons (Fsp3) is 0.500. The van der Waals surface area contributed by atoms with Crippen LogP contribution in [0.4, 0.5) is 0 Å². The SMILES string of the molecule is CC(C=CC1=C(C)CCCC1(C)C)=C/C=C\C(C)=CCCC=O. The second kappa shape index (κ2) is 9.50. The van der Waals surface area contributed by atoms with E-state index >= 15 is 0 Å². The van der Waals surface area contributed by atoms with Crippen LogP contribution in [-0.2, 0) is 4.79 Å². The van der Waals surface area contributed by atoms with Crippen molar-refractivity contribution in [2.75, 3.05) is 0 Å². The van der Waals surface area contributed by atoms with Gasteiger partial charge in [0.25, 0.3) is 0 Å². The van der Waals surface area contributed by atoms with Gasteiger partial charge in [-0.2, -0.15) is 0 Å². The Bertz CT molecular complexity index is 551. The second-order valence-corrected chi connectivity index (χ2v) is 7.23. The summed E-state index contributed by atoms with van der Waals surface area (Å²) >= 11 is 0. The zero-order valence-electron chi connectivity index (χ0n) is 15.5. The normalized spacial score (nSPS) is 19.9. The summed E-state index contributed by atoms with van der Waals surface area (Å²) in [4.78, 5) is 10.3. The van der Waals surface area contributed by atoms with Crippen molar-refractivity contribution in [2.45, 2.75) is 66.7 Å². The Balaban J connectivity index is 2.69. The summed E-state index contributed by atoms with van der Waals surface area (Å²) in [6, 6.07) is 0. The highest BCUT2D eigenvalue weighted by Gasteiger charge is 2.26. The Labute approximate surface area is 142 Å². The lowest BCUT2D eigenvalue weighted by molar-refractivity contribution is -0.107. The number of hydrogen-bond acceptors (Lipinski definition) is 1. The fourth-order valence-electron chi connectivity index (χ4n) is 3.08. The van der Waals surface area contributed by atoms with E-state index in [0.29, 0.717) is 11.8 Å². The van der Waals surface area contributed by atoms with Crippen LogP contribution < -0.4 is 0 Å². The third-order valence-corrected chi connectivity index (χ3v) is 4.52. The van der Waals surface area contributed by atoms with E-state index in [-0.39, 0.29) is 0 Å². The van der Waals surface area contributed by atoms with Crippen LogP contribution in [0.1, 0.15) is 66.7 Å². The molecular formula is C22H32O. The zero-order valence-corrected chi connectivity index (χ0v) is 15.5. The number of unbranched alkanes of at least 4 members (excludes halogenated alkanes) is 1. The van der Waals surface area contributed by atoms with E-state index in [4.69, 9.17) is 0 Å². The molecule has 0 bridgehead atoms. The standard InChI is InChI=1S/C22H32O/c1-18(10-6-7-17-23)11-8-12-19(2)14-15-21-20(3)13-9-16-22(21,4)5/h8,10-12,14-15,17H,6-7,9,13,16H2,1-5H3/b11-8-,15-14?,18-10?,19-12?. The first kappa shape index (κ1) is 19.4. The van der Waals surface area contributed by atoms with Gasteiger partial charge in [0.15, 0.2) is 0 Å². The van der Waals surface area contributed by atoms with Gasteiger partial charge in [-0.15, -0.1) is 0 Å². The molecule has 0 heterocycles. The molecule has 0 spiro atoms. The van der Waals surface area contributed by atoms with Crippen molar-refractivity contribution in [3.8, 4) is 0 Å². The minimum atomic E-state index is 0.298.